The Morgan fingerprint density at radius 2 is 2.00 bits per heavy atom. The Morgan fingerprint density at radius 3 is 2.30 bits per heavy atom. The van der Waals surface area contributed by atoms with Gasteiger partial charge in [0.25, 0.3) is 0 Å². The van der Waals surface area contributed by atoms with Crippen molar-refractivity contribution in [1.29, 1.82) is 0 Å². The van der Waals surface area contributed by atoms with Crippen LogP contribution in [0.3, 0.4) is 0 Å². The summed E-state index contributed by atoms with van der Waals surface area (Å²) < 4.78 is 0.793. The van der Waals surface area contributed by atoms with Crippen molar-refractivity contribution in [1.82, 2.24) is 5.01 Å². The van der Waals surface area contributed by atoms with Crippen LogP contribution in [0.15, 0.2) is 5.10 Å². The van der Waals surface area contributed by atoms with Gasteiger partial charge in [-0.05, 0) is 20.1 Å². The lowest BCUT2D eigenvalue weighted by atomic mass is 10.5. The Hall–Kier alpha value is -0.0900. The van der Waals surface area contributed by atoms with E-state index >= 15 is 0 Å². The van der Waals surface area contributed by atoms with Crippen LogP contribution in [-0.2, 0) is 0 Å². The molecule has 0 saturated carbocycles. The molecule has 0 fully saturated rings. The number of hydrazone groups is 1. The summed E-state index contributed by atoms with van der Waals surface area (Å²) in [6.07, 6.45) is 1.94. The van der Waals surface area contributed by atoms with Crippen LogP contribution in [0.25, 0.3) is 0 Å². The Kier molecular flexibility index (Phi) is 4.64. The quantitative estimate of drug-likeness (QED) is 0.345. The van der Waals surface area contributed by atoms with E-state index in [4.69, 9.17) is 12.2 Å². The molecule has 0 radical (unpaired) electrons. The molecule has 0 amide bonds. The van der Waals surface area contributed by atoms with E-state index in [-0.39, 0.29) is 0 Å². The zero-order valence-electron chi connectivity index (χ0n) is 6.71. The lowest BCUT2D eigenvalue weighted by Gasteiger charge is -2.11. The molecule has 0 aliphatic heterocycles. The van der Waals surface area contributed by atoms with Crippen LogP contribution in [0.4, 0.5) is 0 Å². The van der Waals surface area contributed by atoms with Crippen LogP contribution in [0.2, 0.25) is 0 Å². The van der Waals surface area contributed by atoms with Crippen molar-refractivity contribution in [2.24, 2.45) is 5.10 Å². The highest BCUT2D eigenvalue weighted by atomic mass is 32.2. The number of hydrogen-bond acceptors (Lipinski definition) is 3. The first-order valence-electron chi connectivity index (χ1n) is 2.91. The average molecular weight is 176 g/mol. The second-order valence-electron chi connectivity index (χ2n) is 2.04. The molecular weight excluding hydrogens is 164 g/mol. The van der Waals surface area contributed by atoms with E-state index in [1.807, 2.05) is 27.2 Å². The SMILES string of the molecule is CSC(=S)N(C)N=C(C)C. The van der Waals surface area contributed by atoms with Gasteiger partial charge in [0.2, 0.25) is 0 Å². The molecule has 0 aliphatic rings. The smallest absolute Gasteiger partial charge is 0.156 e. The van der Waals surface area contributed by atoms with Gasteiger partial charge >= 0.3 is 0 Å². The number of thiocarbonyl (C=S) groups is 1. The third kappa shape index (κ3) is 3.85. The molecule has 0 atom stereocenters. The molecule has 0 aliphatic carbocycles. The van der Waals surface area contributed by atoms with Gasteiger partial charge in [-0.1, -0.05) is 24.0 Å². The van der Waals surface area contributed by atoms with Gasteiger partial charge in [-0.25, -0.2) is 0 Å². The van der Waals surface area contributed by atoms with E-state index in [0.29, 0.717) is 0 Å². The van der Waals surface area contributed by atoms with Gasteiger partial charge in [-0.15, -0.1) is 0 Å². The van der Waals surface area contributed by atoms with Crippen molar-refractivity contribution in [2.45, 2.75) is 13.8 Å². The zero-order valence-corrected chi connectivity index (χ0v) is 8.34. The largest absolute Gasteiger partial charge is 0.252 e. The molecule has 0 rings (SSSR count). The summed E-state index contributed by atoms with van der Waals surface area (Å²) in [6, 6.07) is 0. The number of thioether (sulfide) groups is 1. The summed E-state index contributed by atoms with van der Waals surface area (Å²) in [5.74, 6) is 0. The summed E-state index contributed by atoms with van der Waals surface area (Å²) in [6.45, 7) is 3.89. The van der Waals surface area contributed by atoms with Gasteiger partial charge in [0.15, 0.2) is 4.32 Å². The van der Waals surface area contributed by atoms with Crippen molar-refractivity contribution < 1.29 is 0 Å². The van der Waals surface area contributed by atoms with Gasteiger partial charge < -0.3 is 0 Å². The molecule has 58 valence electrons. The molecule has 4 heteroatoms. The molecule has 0 spiro atoms. The maximum Gasteiger partial charge on any atom is 0.156 e. The number of hydrogen-bond donors (Lipinski definition) is 0. The van der Waals surface area contributed by atoms with Crippen LogP contribution < -0.4 is 0 Å². The van der Waals surface area contributed by atoms with Crippen LogP contribution in [0.5, 0.6) is 0 Å². The van der Waals surface area contributed by atoms with Crippen molar-refractivity contribution in [3.8, 4) is 0 Å². The van der Waals surface area contributed by atoms with E-state index in [0.717, 1.165) is 10.0 Å². The first-order valence-corrected chi connectivity index (χ1v) is 4.54. The van der Waals surface area contributed by atoms with Crippen molar-refractivity contribution in [3.05, 3.63) is 0 Å². The fourth-order valence-electron chi connectivity index (χ4n) is 0.473. The van der Waals surface area contributed by atoms with Gasteiger partial charge in [-0.3, -0.25) is 5.01 Å². The third-order valence-electron chi connectivity index (χ3n) is 0.789. The minimum atomic E-state index is 0.793. The summed E-state index contributed by atoms with van der Waals surface area (Å²) in [4.78, 5) is 0. The van der Waals surface area contributed by atoms with E-state index in [9.17, 15) is 0 Å². The summed E-state index contributed by atoms with van der Waals surface area (Å²) >= 11 is 6.50. The number of rotatable bonds is 1. The monoisotopic (exact) mass is 176 g/mol. The van der Waals surface area contributed by atoms with Gasteiger partial charge in [0.1, 0.15) is 0 Å². The average Bonchev–Trinajstić information content (AvgIpc) is 1.85. The van der Waals surface area contributed by atoms with Gasteiger partial charge in [0.05, 0.1) is 0 Å². The number of nitrogens with zero attached hydrogens (tertiary/aromatic N) is 2. The van der Waals surface area contributed by atoms with Crippen molar-refractivity contribution in [2.75, 3.05) is 13.3 Å². The Labute approximate surface area is 71.7 Å². The maximum absolute atomic E-state index is 4.98. The molecule has 0 saturated heterocycles. The Morgan fingerprint density at radius 1 is 1.50 bits per heavy atom. The maximum atomic E-state index is 4.98. The summed E-state index contributed by atoms with van der Waals surface area (Å²) in [7, 11) is 1.85. The van der Waals surface area contributed by atoms with Crippen LogP contribution in [0, 0.1) is 0 Å². The molecule has 0 heterocycles. The van der Waals surface area contributed by atoms with Crippen LogP contribution in [0.1, 0.15) is 13.8 Å². The van der Waals surface area contributed by atoms with Crippen molar-refractivity contribution in [3.63, 3.8) is 0 Å². The Balaban J connectivity index is 3.96. The fourth-order valence-corrected chi connectivity index (χ4v) is 0.819. The Bertz CT molecular complexity index is 150. The summed E-state index contributed by atoms with van der Waals surface area (Å²) in [5, 5.41) is 5.84. The molecule has 0 aromatic heterocycles. The topological polar surface area (TPSA) is 15.6 Å². The molecular formula is C6H12N2S2. The molecule has 0 bridgehead atoms. The fraction of sp³-hybridized carbons (Fsp3) is 0.667. The summed E-state index contributed by atoms with van der Waals surface area (Å²) in [5.41, 5.74) is 1.01. The predicted octanol–water partition coefficient (Wildman–Crippen LogP) is 1.96. The lowest BCUT2D eigenvalue weighted by molar-refractivity contribution is 0.564. The standard InChI is InChI=1S/C6H12N2S2/c1-5(2)7-8(3)6(9)10-4/h1-4H3. The molecule has 0 unspecified atom stereocenters. The van der Waals surface area contributed by atoms with E-state index < -0.39 is 0 Å². The normalized spacial score (nSPS) is 8.80. The molecule has 0 aromatic rings. The molecule has 0 N–H and O–H groups in total. The molecule has 0 aromatic carbocycles. The zero-order chi connectivity index (χ0) is 8.15. The highest BCUT2D eigenvalue weighted by Crippen LogP contribution is 2.02. The second-order valence-corrected chi connectivity index (χ2v) is 3.48. The van der Waals surface area contributed by atoms with Crippen LogP contribution in [-0.4, -0.2) is 28.3 Å². The van der Waals surface area contributed by atoms with E-state index in [1.165, 1.54) is 11.8 Å². The van der Waals surface area contributed by atoms with Gasteiger partial charge in [0, 0.05) is 12.8 Å². The van der Waals surface area contributed by atoms with E-state index in [2.05, 4.69) is 5.10 Å². The minimum Gasteiger partial charge on any atom is -0.252 e. The van der Waals surface area contributed by atoms with Gasteiger partial charge in [-0.2, -0.15) is 5.10 Å². The van der Waals surface area contributed by atoms with E-state index in [1.54, 1.807) is 5.01 Å². The highest BCUT2D eigenvalue weighted by Gasteiger charge is 1.97. The molecule has 10 heavy (non-hydrogen) atoms. The predicted molar refractivity (Wildman–Crippen MR) is 52.7 cm³/mol. The first-order chi connectivity index (χ1) is 4.57. The first kappa shape index (κ1) is 9.91. The second kappa shape index (κ2) is 4.68. The highest BCUT2D eigenvalue weighted by molar-refractivity contribution is 8.22. The molecule has 2 nitrogen and oxygen atoms in total. The van der Waals surface area contributed by atoms with Crippen molar-refractivity contribution >= 4 is 34.0 Å². The lowest BCUT2D eigenvalue weighted by Crippen LogP contribution is -2.16. The van der Waals surface area contributed by atoms with Crippen LogP contribution >= 0.6 is 24.0 Å². The third-order valence-corrected chi connectivity index (χ3v) is 2.17. The minimum absolute atomic E-state index is 0.793.